The Morgan fingerprint density at radius 3 is 2.63 bits per heavy atom. The van der Waals surface area contributed by atoms with Crippen molar-refractivity contribution in [3.63, 3.8) is 0 Å². The summed E-state index contributed by atoms with van der Waals surface area (Å²) in [7, 11) is 1.56. The van der Waals surface area contributed by atoms with Gasteiger partial charge in [0.05, 0.1) is 13.5 Å². The maximum absolute atomic E-state index is 11.7. The van der Waals surface area contributed by atoms with Crippen LogP contribution < -0.4 is 14.8 Å². The van der Waals surface area contributed by atoms with Crippen LogP contribution in [0.2, 0.25) is 0 Å². The van der Waals surface area contributed by atoms with Crippen molar-refractivity contribution in [2.75, 3.05) is 13.7 Å². The van der Waals surface area contributed by atoms with Crippen LogP contribution in [0.1, 0.15) is 23.1 Å². The van der Waals surface area contributed by atoms with Crippen LogP contribution in [0.15, 0.2) is 48.5 Å². The molecule has 0 saturated heterocycles. The number of benzene rings is 2. The lowest BCUT2D eigenvalue weighted by Gasteiger charge is -2.12. The topological polar surface area (TPSA) is 84.9 Å². The van der Waals surface area contributed by atoms with Gasteiger partial charge in [-0.05, 0) is 41.8 Å². The van der Waals surface area contributed by atoms with E-state index in [2.05, 4.69) is 5.32 Å². The molecule has 0 unspecified atom stereocenters. The van der Waals surface area contributed by atoms with Crippen LogP contribution in [0.5, 0.6) is 11.5 Å². The van der Waals surface area contributed by atoms with Crippen LogP contribution >= 0.6 is 0 Å². The smallest absolute Gasteiger partial charge is 0.305 e. The van der Waals surface area contributed by atoms with E-state index in [0.717, 1.165) is 16.7 Å². The van der Waals surface area contributed by atoms with E-state index in [1.807, 2.05) is 37.3 Å². The lowest BCUT2D eigenvalue weighted by atomic mass is 10.1. The van der Waals surface area contributed by atoms with Gasteiger partial charge in [-0.2, -0.15) is 0 Å². The van der Waals surface area contributed by atoms with Crippen LogP contribution in [0.25, 0.3) is 6.08 Å². The van der Waals surface area contributed by atoms with Crippen LogP contribution in [0.3, 0.4) is 0 Å². The number of aliphatic carboxylic acids is 1. The van der Waals surface area contributed by atoms with Gasteiger partial charge in [0.1, 0.15) is 6.61 Å². The minimum atomic E-state index is -0.953. The summed E-state index contributed by atoms with van der Waals surface area (Å²) in [6.07, 6.45) is 2.87. The molecule has 0 atom stereocenters. The predicted octanol–water partition coefficient (Wildman–Crippen LogP) is 3.19. The number of aryl methyl sites for hydroxylation is 1. The third-order valence-electron chi connectivity index (χ3n) is 3.90. The summed E-state index contributed by atoms with van der Waals surface area (Å²) in [5.74, 6) is -0.124. The van der Waals surface area contributed by atoms with Crippen LogP contribution in [-0.2, 0) is 16.2 Å². The molecule has 0 heterocycles. The number of carbonyl (C=O) groups is 2. The van der Waals surface area contributed by atoms with Crippen molar-refractivity contribution < 1.29 is 24.2 Å². The molecule has 6 nitrogen and oxygen atoms in total. The molecule has 6 heteroatoms. The molecule has 142 valence electrons. The van der Waals surface area contributed by atoms with Gasteiger partial charge in [-0.1, -0.05) is 30.3 Å². The van der Waals surface area contributed by atoms with Crippen molar-refractivity contribution in [3.05, 3.63) is 65.2 Å². The molecule has 0 spiro atoms. The first-order chi connectivity index (χ1) is 13.0. The van der Waals surface area contributed by atoms with Gasteiger partial charge in [0.25, 0.3) is 0 Å². The zero-order valence-electron chi connectivity index (χ0n) is 15.4. The highest BCUT2D eigenvalue weighted by molar-refractivity contribution is 5.92. The second kappa shape index (κ2) is 10.0. The van der Waals surface area contributed by atoms with Gasteiger partial charge in [-0.15, -0.1) is 0 Å². The van der Waals surface area contributed by atoms with Crippen molar-refractivity contribution in [2.45, 2.75) is 20.0 Å². The number of hydrogen-bond donors (Lipinski definition) is 2. The third-order valence-corrected chi connectivity index (χ3v) is 3.90. The Kier molecular flexibility index (Phi) is 7.43. The second-order valence-corrected chi connectivity index (χ2v) is 5.89. The van der Waals surface area contributed by atoms with Gasteiger partial charge in [-0.25, -0.2) is 0 Å². The third kappa shape index (κ3) is 6.51. The number of rotatable bonds is 9. The number of carboxylic acids is 1. The maximum Gasteiger partial charge on any atom is 0.305 e. The van der Waals surface area contributed by atoms with Gasteiger partial charge >= 0.3 is 5.97 Å². The van der Waals surface area contributed by atoms with E-state index >= 15 is 0 Å². The molecule has 2 N–H and O–H groups in total. The summed E-state index contributed by atoms with van der Waals surface area (Å²) in [4.78, 5) is 22.1. The second-order valence-electron chi connectivity index (χ2n) is 5.89. The Morgan fingerprint density at radius 1 is 1.15 bits per heavy atom. The van der Waals surface area contributed by atoms with Gasteiger partial charge in [0, 0.05) is 12.6 Å². The molecular formula is C21H23NO5. The molecule has 0 aliphatic rings. The number of ether oxygens (including phenoxy) is 2. The molecule has 0 aliphatic heterocycles. The summed E-state index contributed by atoms with van der Waals surface area (Å²) in [6.45, 7) is 2.56. The van der Waals surface area contributed by atoms with Crippen molar-refractivity contribution >= 4 is 18.0 Å². The number of amides is 1. The molecule has 27 heavy (non-hydrogen) atoms. The molecule has 1 amide bonds. The number of nitrogens with one attached hydrogen (secondary N) is 1. The molecule has 2 aromatic rings. The summed E-state index contributed by atoms with van der Waals surface area (Å²) < 4.78 is 11.2. The van der Waals surface area contributed by atoms with E-state index < -0.39 is 5.97 Å². The van der Waals surface area contributed by atoms with Gasteiger partial charge in [0.2, 0.25) is 5.91 Å². The summed E-state index contributed by atoms with van der Waals surface area (Å²) >= 11 is 0. The molecule has 0 aromatic heterocycles. The van der Waals surface area contributed by atoms with Gasteiger partial charge in [0.15, 0.2) is 11.5 Å². The van der Waals surface area contributed by atoms with Crippen LogP contribution in [0.4, 0.5) is 0 Å². The normalized spacial score (nSPS) is 10.6. The van der Waals surface area contributed by atoms with E-state index in [9.17, 15) is 9.59 Å². The fourth-order valence-electron chi connectivity index (χ4n) is 2.36. The molecule has 2 aromatic carbocycles. The average molecular weight is 369 g/mol. The highest BCUT2D eigenvalue weighted by Gasteiger charge is 2.07. The number of hydrogen-bond acceptors (Lipinski definition) is 4. The van der Waals surface area contributed by atoms with E-state index in [1.165, 1.54) is 6.08 Å². The van der Waals surface area contributed by atoms with Gasteiger partial charge in [-0.3, -0.25) is 9.59 Å². The standard InChI is InChI=1S/C21H23NO5/c1-15-5-3-4-6-17(15)14-27-18-9-7-16(13-19(18)26-2)8-10-20(23)22-12-11-21(24)25/h3-10,13H,11-12,14H2,1-2H3,(H,22,23)(H,24,25)/b10-8+. The van der Waals surface area contributed by atoms with Crippen molar-refractivity contribution in [1.29, 1.82) is 0 Å². The molecule has 0 radical (unpaired) electrons. The number of carboxylic acid groups (broad SMARTS) is 1. The van der Waals surface area contributed by atoms with Crippen LogP contribution in [-0.4, -0.2) is 30.6 Å². The largest absolute Gasteiger partial charge is 0.493 e. The Hall–Kier alpha value is -3.28. The summed E-state index contributed by atoms with van der Waals surface area (Å²) in [6, 6.07) is 13.4. The summed E-state index contributed by atoms with van der Waals surface area (Å²) in [5.41, 5.74) is 3.02. The first kappa shape index (κ1) is 20.0. The molecule has 0 saturated carbocycles. The molecule has 2 rings (SSSR count). The lowest BCUT2D eigenvalue weighted by Crippen LogP contribution is -2.23. The van der Waals surface area contributed by atoms with E-state index in [1.54, 1.807) is 25.3 Å². The Morgan fingerprint density at radius 2 is 1.93 bits per heavy atom. The van der Waals surface area contributed by atoms with Gasteiger partial charge < -0.3 is 19.9 Å². The summed E-state index contributed by atoms with van der Waals surface area (Å²) in [5, 5.41) is 11.1. The highest BCUT2D eigenvalue weighted by atomic mass is 16.5. The van der Waals surface area contributed by atoms with E-state index in [-0.39, 0.29) is 18.9 Å². The minimum Gasteiger partial charge on any atom is -0.493 e. The number of carbonyl (C=O) groups excluding carboxylic acids is 1. The Labute approximate surface area is 158 Å². The first-order valence-corrected chi connectivity index (χ1v) is 8.52. The van der Waals surface area contributed by atoms with Crippen molar-refractivity contribution in [3.8, 4) is 11.5 Å². The predicted molar refractivity (Wildman–Crippen MR) is 103 cm³/mol. The quantitative estimate of drug-likeness (QED) is 0.663. The fourth-order valence-corrected chi connectivity index (χ4v) is 2.36. The Bertz CT molecular complexity index is 829. The zero-order chi connectivity index (χ0) is 19.6. The molecule has 0 aliphatic carbocycles. The Balaban J connectivity index is 1.98. The monoisotopic (exact) mass is 369 g/mol. The maximum atomic E-state index is 11.7. The average Bonchev–Trinajstić information content (AvgIpc) is 2.65. The highest BCUT2D eigenvalue weighted by Crippen LogP contribution is 2.29. The van der Waals surface area contributed by atoms with Crippen LogP contribution in [0, 0.1) is 6.92 Å². The van der Waals surface area contributed by atoms with Crippen molar-refractivity contribution in [2.24, 2.45) is 0 Å². The SMILES string of the molecule is COc1cc(/C=C/C(=O)NCCC(=O)O)ccc1OCc1ccccc1C. The first-order valence-electron chi connectivity index (χ1n) is 8.52. The van der Waals surface area contributed by atoms with Crippen molar-refractivity contribution in [1.82, 2.24) is 5.32 Å². The lowest BCUT2D eigenvalue weighted by molar-refractivity contribution is -0.136. The minimum absolute atomic E-state index is 0.0908. The van der Waals surface area contributed by atoms with E-state index in [0.29, 0.717) is 18.1 Å². The van der Waals surface area contributed by atoms with E-state index in [4.69, 9.17) is 14.6 Å². The molecule has 0 fully saturated rings. The zero-order valence-corrected chi connectivity index (χ0v) is 15.4. The number of methoxy groups -OCH3 is 1. The molecular weight excluding hydrogens is 346 g/mol. The fraction of sp³-hybridized carbons (Fsp3) is 0.238. The molecule has 0 bridgehead atoms.